The van der Waals surface area contributed by atoms with E-state index in [-0.39, 0.29) is 24.6 Å². The number of halogens is 3. The van der Waals surface area contributed by atoms with Gasteiger partial charge >= 0.3 is 12.1 Å². The van der Waals surface area contributed by atoms with Gasteiger partial charge in [-0.25, -0.2) is 4.79 Å². The van der Waals surface area contributed by atoms with Crippen molar-refractivity contribution >= 4 is 23.7 Å². The number of esters is 1. The molecule has 2 heterocycles. The molecule has 2 saturated heterocycles. The van der Waals surface area contributed by atoms with Crippen molar-refractivity contribution in [3.8, 4) is 0 Å². The third kappa shape index (κ3) is 4.22. The van der Waals surface area contributed by atoms with Gasteiger partial charge in [0.15, 0.2) is 0 Å². The number of hydrogen-bond acceptors (Lipinski definition) is 5. The van der Waals surface area contributed by atoms with Crippen LogP contribution in [0.2, 0.25) is 0 Å². The Bertz CT molecular complexity index is 991. The standard InChI is InChI=1S/C23H25F3N2O5/c1-33-20(31)17-7-2-3-10-27(17)18(29)12-22(13-19(30)28(21(22)32)16-8-9-16)14-5-4-6-15(11-14)23(24,25)26/h4-6,11,16-17H,2-3,7-10,12-13H2,1H3/t17-,22-/m1/s1. The summed E-state index contributed by atoms with van der Waals surface area (Å²) in [7, 11) is 1.22. The van der Waals surface area contributed by atoms with Gasteiger partial charge in [0.1, 0.15) is 6.04 Å². The molecule has 33 heavy (non-hydrogen) atoms. The zero-order chi connectivity index (χ0) is 24.0. The van der Waals surface area contributed by atoms with Crippen LogP contribution in [0.15, 0.2) is 24.3 Å². The zero-order valence-corrected chi connectivity index (χ0v) is 18.2. The summed E-state index contributed by atoms with van der Waals surface area (Å²) in [5, 5.41) is 0. The number of amides is 3. The van der Waals surface area contributed by atoms with Crippen LogP contribution >= 0.6 is 0 Å². The average molecular weight is 466 g/mol. The van der Waals surface area contributed by atoms with Crippen molar-refractivity contribution in [2.45, 2.75) is 68.6 Å². The maximum absolute atomic E-state index is 13.5. The van der Waals surface area contributed by atoms with Crippen LogP contribution in [0.25, 0.3) is 0 Å². The van der Waals surface area contributed by atoms with Crippen molar-refractivity contribution in [1.29, 1.82) is 0 Å². The number of rotatable bonds is 5. The van der Waals surface area contributed by atoms with Crippen molar-refractivity contribution in [2.75, 3.05) is 13.7 Å². The maximum atomic E-state index is 13.5. The minimum atomic E-state index is -4.65. The summed E-state index contributed by atoms with van der Waals surface area (Å²) in [5.74, 6) is -2.27. The molecule has 3 fully saturated rings. The smallest absolute Gasteiger partial charge is 0.416 e. The highest BCUT2D eigenvalue weighted by Gasteiger charge is 2.58. The molecule has 178 valence electrons. The Hall–Kier alpha value is -2.91. The van der Waals surface area contributed by atoms with E-state index in [0.717, 1.165) is 23.5 Å². The first-order valence-corrected chi connectivity index (χ1v) is 11.0. The Kier molecular flexibility index (Phi) is 5.96. The van der Waals surface area contributed by atoms with Crippen LogP contribution in [-0.4, -0.2) is 59.2 Å². The highest BCUT2D eigenvalue weighted by Crippen LogP contribution is 2.45. The second kappa shape index (κ2) is 8.46. The van der Waals surface area contributed by atoms with Crippen LogP contribution in [0, 0.1) is 0 Å². The Morgan fingerprint density at radius 1 is 1.15 bits per heavy atom. The second-order valence-corrected chi connectivity index (χ2v) is 8.94. The minimum Gasteiger partial charge on any atom is -0.467 e. The molecule has 3 aliphatic rings. The van der Waals surface area contributed by atoms with E-state index < -0.39 is 53.3 Å². The van der Waals surface area contributed by atoms with Crippen LogP contribution in [0.3, 0.4) is 0 Å². The fourth-order valence-corrected chi connectivity index (χ4v) is 4.89. The first-order chi connectivity index (χ1) is 15.6. The van der Waals surface area contributed by atoms with Gasteiger partial charge in [-0.1, -0.05) is 18.2 Å². The summed E-state index contributed by atoms with van der Waals surface area (Å²) in [4.78, 5) is 54.4. The van der Waals surface area contributed by atoms with Crippen molar-refractivity contribution in [1.82, 2.24) is 9.80 Å². The monoisotopic (exact) mass is 466 g/mol. The lowest BCUT2D eigenvalue weighted by molar-refractivity contribution is -0.155. The molecule has 2 aliphatic heterocycles. The molecule has 0 radical (unpaired) electrons. The van der Waals surface area contributed by atoms with E-state index in [1.165, 1.54) is 24.1 Å². The quantitative estimate of drug-likeness (QED) is 0.492. The number of imide groups is 1. The predicted molar refractivity (Wildman–Crippen MR) is 109 cm³/mol. The molecular formula is C23H25F3N2O5. The fourth-order valence-electron chi connectivity index (χ4n) is 4.89. The number of carbonyl (C=O) groups excluding carboxylic acids is 4. The van der Waals surface area contributed by atoms with Gasteiger partial charge in [0.2, 0.25) is 17.7 Å². The van der Waals surface area contributed by atoms with Gasteiger partial charge in [-0.05, 0) is 43.7 Å². The molecule has 1 aromatic rings. The van der Waals surface area contributed by atoms with E-state index in [4.69, 9.17) is 4.74 Å². The molecule has 0 N–H and O–H groups in total. The molecule has 7 nitrogen and oxygen atoms in total. The normalized spacial score (nSPS) is 26.0. The predicted octanol–water partition coefficient (Wildman–Crippen LogP) is 2.81. The zero-order valence-electron chi connectivity index (χ0n) is 18.2. The van der Waals surface area contributed by atoms with Crippen molar-refractivity contribution in [3.63, 3.8) is 0 Å². The van der Waals surface area contributed by atoms with Crippen LogP contribution in [-0.2, 0) is 35.5 Å². The molecule has 10 heteroatoms. The molecule has 3 amide bonds. The molecule has 1 aliphatic carbocycles. The highest BCUT2D eigenvalue weighted by molar-refractivity contribution is 6.11. The molecular weight excluding hydrogens is 441 g/mol. The average Bonchev–Trinajstić information content (AvgIpc) is 3.58. The number of alkyl halides is 3. The molecule has 0 spiro atoms. The van der Waals surface area contributed by atoms with Crippen LogP contribution in [0.1, 0.15) is 56.1 Å². The highest BCUT2D eigenvalue weighted by atomic mass is 19.4. The number of nitrogens with zero attached hydrogens (tertiary/aromatic N) is 2. The van der Waals surface area contributed by atoms with Gasteiger partial charge in [-0.3, -0.25) is 19.3 Å². The lowest BCUT2D eigenvalue weighted by Gasteiger charge is -2.36. The maximum Gasteiger partial charge on any atom is 0.416 e. The van der Waals surface area contributed by atoms with Crippen LogP contribution in [0.5, 0.6) is 0 Å². The third-order valence-corrected chi connectivity index (χ3v) is 6.75. The fraction of sp³-hybridized carbons (Fsp3) is 0.565. The van der Waals surface area contributed by atoms with Gasteiger partial charge < -0.3 is 9.64 Å². The summed E-state index contributed by atoms with van der Waals surface area (Å²) < 4.78 is 45.0. The molecule has 0 unspecified atom stereocenters. The minimum absolute atomic E-state index is 0.0150. The Labute approximate surface area is 188 Å². The molecule has 4 rings (SSSR count). The van der Waals surface area contributed by atoms with Crippen molar-refractivity contribution < 1.29 is 37.1 Å². The van der Waals surface area contributed by atoms with Gasteiger partial charge in [-0.15, -0.1) is 0 Å². The van der Waals surface area contributed by atoms with E-state index in [0.29, 0.717) is 25.7 Å². The first-order valence-electron chi connectivity index (χ1n) is 11.0. The molecule has 1 aromatic carbocycles. The second-order valence-electron chi connectivity index (χ2n) is 8.94. The molecule has 0 bridgehead atoms. The Morgan fingerprint density at radius 3 is 2.52 bits per heavy atom. The summed E-state index contributed by atoms with van der Waals surface area (Å²) >= 11 is 0. The Morgan fingerprint density at radius 2 is 1.88 bits per heavy atom. The van der Waals surface area contributed by atoms with Gasteiger partial charge in [-0.2, -0.15) is 13.2 Å². The van der Waals surface area contributed by atoms with Crippen LogP contribution < -0.4 is 0 Å². The summed E-state index contributed by atoms with van der Waals surface area (Å²) in [6.07, 6.45) is -2.48. The van der Waals surface area contributed by atoms with Crippen molar-refractivity contribution in [2.24, 2.45) is 0 Å². The van der Waals surface area contributed by atoms with E-state index in [2.05, 4.69) is 0 Å². The lowest BCUT2D eigenvalue weighted by atomic mass is 9.75. The number of piperidine rings is 1. The summed E-state index contributed by atoms with van der Waals surface area (Å²) in [5.41, 5.74) is -2.71. The SMILES string of the molecule is COC(=O)[C@H]1CCCCN1C(=O)C[C@]1(c2cccc(C(F)(F)F)c2)CC(=O)N(C2CC2)C1=O. The number of carbonyl (C=O) groups is 4. The first kappa shape index (κ1) is 23.3. The van der Waals surface area contributed by atoms with Gasteiger partial charge in [0, 0.05) is 25.4 Å². The van der Waals surface area contributed by atoms with E-state index >= 15 is 0 Å². The third-order valence-electron chi connectivity index (χ3n) is 6.75. The summed E-state index contributed by atoms with van der Waals surface area (Å²) in [6, 6.07) is 3.19. The Balaban J connectivity index is 1.73. The number of hydrogen-bond donors (Lipinski definition) is 0. The number of benzene rings is 1. The summed E-state index contributed by atoms with van der Waals surface area (Å²) in [6.45, 7) is 0.270. The van der Waals surface area contributed by atoms with E-state index in [9.17, 15) is 32.3 Å². The largest absolute Gasteiger partial charge is 0.467 e. The number of methoxy groups -OCH3 is 1. The molecule has 1 saturated carbocycles. The van der Waals surface area contributed by atoms with E-state index in [1.807, 2.05) is 0 Å². The van der Waals surface area contributed by atoms with Crippen LogP contribution in [0.4, 0.5) is 13.2 Å². The van der Waals surface area contributed by atoms with Gasteiger partial charge in [0.25, 0.3) is 0 Å². The van der Waals surface area contributed by atoms with Crippen molar-refractivity contribution in [3.05, 3.63) is 35.4 Å². The van der Waals surface area contributed by atoms with Gasteiger partial charge in [0.05, 0.1) is 18.1 Å². The number of likely N-dealkylation sites (tertiary alicyclic amines) is 2. The topological polar surface area (TPSA) is 84.0 Å². The number of ether oxygens (including phenoxy) is 1. The lowest BCUT2D eigenvalue weighted by Crippen LogP contribution is -2.51. The van der Waals surface area contributed by atoms with E-state index in [1.54, 1.807) is 0 Å². The molecule has 2 atom stereocenters. The molecule has 0 aromatic heterocycles.